The molecule has 1 heterocycles. The van der Waals surface area contributed by atoms with E-state index in [1.54, 1.807) is 0 Å². The van der Waals surface area contributed by atoms with E-state index in [-0.39, 0.29) is 17.2 Å². The van der Waals surface area contributed by atoms with E-state index in [4.69, 9.17) is 11.6 Å². The van der Waals surface area contributed by atoms with Crippen LogP contribution in [0.3, 0.4) is 0 Å². The van der Waals surface area contributed by atoms with Gasteiger partial charge < -0.3 is 10.4 Å². The normalized spacial score (nSPS) is 13.7. The lowest BCUT2D eigenvalue weighted by atomic mass is 9.92. The number of nitrogens with one attached hydrogen (secondary N) is 1. The van der Waals surface area contributed by atoms with Crippen LogP contribution < -0.4 is 10.9 Å². The van der Waals surface area contributed by atoms with Crippen LogP contribution in [0.25, 0.3) is 0 Å². The number of anilines is 1. The largest absolute Gasteiger partial charge is 0.394 e. The smallest absolute Gasteiger partial charge is 0.287 e. The Balaban J connectivity index is 2.40. The monoisotopic (exact) mass is 307 g/mol. The van der Waals surface area contributed by atoms with Crippen molar-refractivity contribution >= 4 is 17.3 Å². The molecule has 0 fully saturated rings. The number of aromatic nitrogens is 2. The maximum Gasteiger partial charge on any atom is 0.287 e. The molecule has 2 rings (SSSR count). The van der Waals surface area contributed by atoms with Crippen LogP contribution in [-0.4, -0.2) is 21.5 Å². The van der Waals surface area contributed by atoms with Crippen LogP contribution in [0.5, 0.6) is 0 Å². The molecule has 0 amide bonds. The summed E-state index contributed by atoms with van der Waals surface area (Å²) in [5, 5.41) is 17.0. The van der Waals surface area contributed by atoms with E-state index in [1.807, 2.05) is 44.2 Å². The molecular weight excluding hydrogens is 290 g/mol. The van der Waals surface area contributed by atoms with E-state index in [2.05, 4.69) is 10.4 Å². The summed E-state index contributed by atoms with van der Waals surface area (Å²) in [6, 6.07) is 9.48. The highest BCUT2D eigenvalue weighted by Gasteiger charge is 2.27. The highest BCUT2D eigenvalue weighted by atomic mass is 35.5. The number of rotatable bonds is 5. The van der Waals surface area contributed by atoms with E-state index >= 15 is 0 Å². The van der Waals surface area contributed by atoms with Crippen LogP contribution in [0.4, 0.5) is 5.69 Å². The SMILES string of the molecule is CCn1ncc(NC(C)(CO)c2ccccc2)c(Cl)c1=O. The molecule has 6 heteroatoms. The highest BCUT2D eigenvalue weighted by Crippen LogP contribution is 2.27. The quantitative estimate of drug-likeness (QED) is 0.889. The first-order chi connectivity index (χ1) is 10.0. The van der Waals surface area contributed by atoms with Gasteiger partial charge >= 0.3 is 0 Å². The predicted octanol–water partition coefficient (Wildman–Crippen LogP) is 2.24. The van der Waals surface area contributed by atoms with Crippen LogP contribution in [0.2, 0.25) is 5.02 Å². The highest BCUT2D eigenvalue weighted by molar-refractivity contribution is 6.32. The van der Waals surface area contributed by atoms with Gasteiger partial charge in [0.1, 0.15) is 5.02 Å². The minimum absolute atomic E-state index is 0.0717. The average Bonchev–Trinajstić information content (AvgIpc) is 2.53. The summed E-state index contributed by atoms with van der Waals surface area (Å²) in [5.74, 6) is 0. The maximum absolute atomic E-state index is 12.0. The first-order valence-corrected chi connectivity index (χ1v) is 7.10. The molecule has 0 aliphatic carbocycles. The molecule has 0 spiro atoms. The second kappa shape index (κ2) is 6.28. The minimum atomic E-state index is -0.753. The van der Waals surface area contributed by atoms with E-state index in [0.29, 0.717) is 12.2 Å². The molecule has 0 aliphatic heterocycles. The van der Waals surface area contributed by atoms with Crippen molar-refractivity contribution in [3.05, 3.63) is 57.5 Å². The third-order valence-corrected chi connectivity index (χ3v) is 3.79. The molecule has 2 N–H and O–H groups in total. The summed E-state index contributed by atoms with van der Waals surface area (Å²) in [4.78, 5) is 12.0. The van der Waals surface area contributed by atoms with Gasteiger partial charge in [-0.3, -0.25) is 4.79 Å². The van der Waals surface area contributed by atoms with Gasteiger partial charge in [0.05, 0.1) is 24.0 Å². The standard InChI is InChI=1S/C15H18ClN3O2/c1-3-19-14(21)13(16)12(9-17-19)18-15(2,10-20)11-7-5-4-6-8-11/h4-9,18,20H,3,10H2,1-2H3. The number of halogens is 1. The van der Waals surface area contributed by atoms with Crippen molar-refractivity contribution in [3.8, 4) is 0 Å². The molecule has 112 valence electrons. The second-order valence-corrected chi connectivity index (χ2v) is 5.35. The van der Waals surface area contributed by atoms with Gasteiger partial charge in [-0.1, -0.05) is 41.9 Å². The van der Waals surface area contributed by atoms with Crippen LogP contribution >= 0.6 is 11.6 Å². The van der Waals surface area contributed by atoms with Crippen LogP contribution in [-0.2, 0) is 12.1 Å². The van der Waals surface area contributed by atoms with Crippen LogP contribution in [0, 0.1) is 0 Å². The molecule has 0 radical (unpaired) electrons. The van der Waals surface area contributed by atoms with Crippen molar-refractivity contribution in [1.82, 2.24) is 9.78 Å². The van der Waals surface area contributed by atoms with Gasteiger partial charge in [0, 0.05) is 6.54 Å². The fourth-order valence-corrected chi connectivity index (χ4v) is 2.28. The average molecular weight is 308 g/mol. The fraction of sp³-hybridized carbons (Fsp3) is 0.333. The van der Waals surface area contributed by atoms with Gasteiger partial charge in [0.2, 0.25) is 0 Å². The molecule has 21 heavy (non-hydrogen) atoms. The first-order valence-electron chi connectivity index (χ1n) is 6.72. The van der Waals surface area contributed by atoms with Crippen LogP contribution in [0.15, 0.2) is 41.3 Å². The molecule has 5 nitrogen and oxygen atoms in total. The zero-order valence-electron chi connectivity index (χ0n) is 12.0. The third kappa shape index (κ3) is 3.09. The molecule has 0 aliphatic rings. The zero-order valence-corrected chi connectivity index (χ0v) is 12.8. The summed E-state index contributed by atoms with van der Waals surface area (Å²) in [6.07, 6.45) is 1.50. The third-order valence-electron chi connectivity index (χ3n) is 3.42. The number of nitrogens with zero attached hydrogens (tertiary/aromatic N) is 2. The number of benzene rings is 1. The van der Waals surface area contributed by atoms with Gasteiger partial charge in [-0.25, -0.2) is 4.68 Å². The van der Waals surface area contributed by atoms with E-state index < -0.39 is 5.54 Å². The number of hydrogen-bond acceptors (Lipinski definition) is 4. The molecule has 2 aromatic rings. The number of aliphatic hydroxyl groups excluding tert-OH is 1. The number of aryl methyl sites for hydroxylation is 1. The Hall–Kier alpha value is -1.85. The molecule has 1 unspecified atom stereocenters. The lowest BCUT2D eigenvalue weighted by Crippen LogP contribution is -2.37. The second-order valence-electron chi connectivity index (χ2n) is 4.97. The Morgan fingerprint density at radius 2 is 2.05 bits per heavy atom. The Labute approximate surface area is 128 Å². The van der Waals surface area contributed by atoms with Crippen molar-refractivity contribution in [3.63, 3.8) is 0 Å². The Bertz CT molecular complexity index is 672. The van der Waals surface area contributed by atoms with E-state index in [0.717, 1.165) is 5.56 Å². The summed E-state index contributed by atoms with van der Waals surface area (Å²) < 4.78 is 1.28. The molecule has 0 saturated heterocycles. The Morgan fingerprint density at radius 1 is 1.38 bits per heavy atom. The van der Waals surface area contributed by atoms with Gasteiger partial charge in [0.15, 0.2) is 0 Å². The number of aliphatic hydroxyl groups is 1. The van der Waals surface area contributed by atoms with Gasteiger partial charge in [-0.15, -0.1) is 0 Å². The summed E-state index contributed by atoms with van der Waals surface area (Å²) in [5.41, 5.74) is 0.199. The van der Waals surface area contributed by atoms with Crippen molar-refractivity contribution in [2.45, 2.75) is 25.9 Å². The number of hydrogen-bond donors (Lipinski definition) is 2. The van der Waals surface area contributed by atoms with Crippen LogP contribution in [0.1, 0.15) is 19.4 Å². The van der Waals surface area contributed by atoms with E-state index in [9.17, 15) is 9.90 Å². The van der Waals surface area contributed by atoms with Crippen molar-refractivity contribution in [1.29, 1.82) is 0 Å². The topological polar surface area (TPSA) is 67.2 Å². The molecular formula is C15H18ClN3O2. The van der Waals surface area contributed by atoms with Gasteiger partial charge in [-0.2, -0.15) is 5.10 Å². The van der Waals surface area contributed by atoms with Gasteiger partial charge in [-0.05, 0) is 19.4 Å². The van der Waals surface area contributed by atoms with Crippen molar-refractivity contribution in [2.24, 2.45) is 0 Å². The minimum Gasteiger partial charge on any atom is -0.394 e. The molecule has 1 aromatic heterocycles. The maximum atomic E-state index is 12.0. The Morgan fingerprint density at radius 3 is 2.62 bits per heavy atom. The van der Waals surface area contributed by atoms with Crippen molar-refractivity contribution in [2.75, 3.05) is 11.9 Å². The molecule has 1 aromatic carbocycles. The fourth-order valence-electron chi connectivity index (χ4n) is 2.08. The van der Waals surface area contributed by atoms with Crippen molar-refractivity contribution < 1.29 is 5.11 Å². The predicted molar refractivity (Wildman–Crippen MR) is 83.7 cm³/mol. The summed E-state index contributed by atoms with van der Waals surface area (Å²) in [6.45, 7) is 3.96. The molecule has 0 saturated carbocycles. The van der Waals surface area contributed by atoms with Gasteiger partial charge in [0.25, 0.3) is 5.56 Å². The summed E-state index contributed by atoms with van der Waals surface area (Å²) >= 11 is 6.11. The lowest BCUT2D eigenvalue weighted by molar-refractivity contribution is 0.224. The Kier molecular flexibility index (Phi) is 4.65. The lowest BCUT2D eigenvalue weighted by Gasteiger charge is -2.30. The zero-order chi connectivity index (χ0) is 15.5. The summed E-state index contributed by atoms with van der Waals surface area (Å²) in [7, 11) is 0. The molecule has 0 bridgehead atoms. The molecule has 1 atom stereocenters. The first kappa shape index (κ1) is 15.5. The van der Waals surface area contributed by atoms with E-state index in [1.165, 1.54) is 10.9 Å².